The highest BCUT2D eigenvalue weighted by Crippen LogP contribution is 2.31. The van der Waals surface area contributed by atoms with Gasteiger partial charge in [0.2, 0.25) is 0 Å². The lowest BCUT2D eigenvalue weighted by Gasteiger charge is -2.31. The average molecular weight is 416 g/mol. The number of aromatic amines is 1. The van der Waals surface area contributed by atoms with Gasteiger partial charge < -0.3 is 14.9 Å². The molecule has 5 nitrogen and oxygen atoms in total. The number of aryl methyl sites for hydroxylation is 3. The Morgan fingerprint density at radius 2 is 1.87 bits per heavy atom. The van der Waals surface area contributed by atoms with Crippen LogP contribution >= 0.6 is 0 Å². The van der Waals surface area contributed by atoms with Crippen molar-refractivity contribution in [3.63, 3.8) is 0 Å². The molecule has 0 saturated carbocycles. The Bertz CT molecular complexity index is 1250. The molecule has 0 bridgehead atoms. The molecular weight excluding hydrogens is 389 g/mol. The number of halogens is 1. The summed E-state index contributed by atoms with van der Waals surface area (Å²) in [5, 5.41) is 14.1. The molecule has 2 N–H and O–H groups in total. The normalized spacial score (nSPS) is 20.6. The molecule has 0 spiro atoms. The number of nitrogens with zero attached hydrogens (tertiary/aromatic N) is 3. The van der Waals surface area contributed by atoms with Gasteiger partial charge in [-0.25, -0.2) is 4.39 Å². The van der Waals surface area contributed by atoms with Gasteiger partial charge in [-0.3, -0.25) is 0 Å². The fourth-order valence-electron chi connectivity index (χ4n) is 5.28. The van der Waals surface area contributed by atoms with E-state index in [-0.39, 0.29) is 5.82 Å². The Hall–Kier alpha value is -2.99. The van der Waals surface area contributed by atoms with Crippen molar-refractivity contribution in [3.05, 3.63) is 70.9 Å². The molecule has 0 radical (unpaired) electrons. The molecule has 6 rings (SSSR count). The molecule has 4 aromatic rings. The van der Waals surface area contributed by atoms with Gasteiger partial charge in [-0.2, -0.15) is 0 Å². The zero-order chi connectivity index (χ0) is 20.9. The van der Waals surface area contributed by atoms with Gasteiger partial charge in [-0.1, -0.05) is 11.6 Å². The van der Waals surface area contributed by atoms with Crippen molar-refractivity contribution in [2.24, 2.45) is 0 Å². The van der Waals surface area contributed by atoms with Gasteiger partial charge in [0.25, 0.3) is 0 Å². The molecular formula is C25H26FN5. The summed E-state index contributed by atoms with van der Waals surface area (Å²) in [5.41, 5.74) is 6.37. The minimum Gasteiger partial charge on any atom is -0.358 e. The highest BCUT2D eigenvalue weighted by Gasteiger charge is 2.28. The first-order valence-corrected chi connectivity index (χ1v) is 11.2. The molecule has 0 saturated heterocycles. The fraction of sp³-hybridized carbons (Fsp3) is 0.360. The molecule has 1 aliphatic heterocycles. The summed E-state index contributed by atoms with van der Waals surface area (Å²) in [7, 11) is 0. The van der Waals surface area contributed by atoms with E-state index in [1.807, 2.05) is 0 Å². The first-order chi connectivity index (χ1) is 15.1. The van der Waals surface area contributed by atoms with E-state index < -0.39 is 0 Å². The second kappa shape index (κ2) is 7.31. The molecule has 158 valence electrons. The summed E-state index contributed by atoms with van der Waals surface area (Å²) in [6, 6.07) is 14.1. The van der Waals surface area contributed by atoms with Gasteiger partial charge in [-0.05, 0) is 74.6 Å². The molecule has 2 aromatic heterocycles. The zero-order valence-electron chi connectivity index (χ0n) is 17.7. The van der Waals surface area contributed by atoms with E-state index in [1.165, 1.54) is 39.9 Å². The van der Waals surface area contributed by atoms with Crippen molar-refractivity contribution >= 4 is 10.9 Å². The highest BCUT2D eigenvalue weighted by atomic mass is 19.1. The van der Waals surface area contributed by atoms with Gasteiger partial charge in [0.1, 0.15) is 11.6 Å². The van der Waals surface area contributed by atoms with Crippen LogP contribution in [0.3, 0.4) is 0 Å². The third kappa shape index (κ3) is 3.35. The second-order valence-corrected chi connectivity index (χ2v) is 9.03. The van der Waals surface area contributed by atoms with Crippen LogP contribution in [0.15, 0.2) is 42.5 Å². The Kier molecular flexibility index (Phi) is 4.42. The molecule has 0 amide bonds. The number of H-pyrrole nitrogens is 1. The van der Waals surface area contributed by atoms with Crippen LogP contribution in [0, 0.1) is 12.7 Å². The summed E-state index contributed by atoms with van der Waals surface area (Å²) < 4.78 is 15.5. The van der Waals surface area contributed by atoms with Crippen LogP contribution < -0.4 is 5.32 Å². The topological polar surface area (TPSA) is 58.5 Å². The third-order valence-electron chi connectivity index (χ3n) is 6.86. The van der Waals surface area contributed by atoms with E-state index in [9.17, 15) is 4.39 Å². The van der Waals surface area contributed by atoms with Crippen molar-refractivity contribution in [2.75, 3.05) is 0 Å². The van der Waals surface area contributed by atoms with Crippen LogP contribution in [0.5, 0.6) is 0 Å². The van der Waals surface area contributed by atoms with Crippen LogP contribution in [0.1, 0.15) is 35.5 Å². The quantitative estimate of drug-likeness (QED) is 0.523. The third-order valence-corrected chi connectivity index (χ3v) is 6.86. The Morgan fingerprint density at radius 1 is 1.03 bits per heavy atom. The summed E-state index contributed by atoms with van der Waals surface area (Å²) in [6.07, 6.45) is 5.28. The lowest BCUT2D eigenvalue weighted by molar-refractivity contribution is 0.324. The predicted molar refractivity (Wildman–Crippen MR) is 120 cm³/mol. The number of hydrogen-bond acceptors (Lipinski definition) is 3. The van der Waals surface area contributed by atoms with Crippen molar-refractivity contribution in [1.82, 2.24) is 25.1 Å². The van der Waals surface area contributed by atoms with E-state index in [4.69, 9.17) is 0 Å². The summed E-state index contributed by atoms with van der Waals surface area (Å²) in [4.78, 5) is 3.63. The molecule has 1 aliphatic carbocycles. The molecule has 2 atom stereocenters. The monoisotopic (exact) mass is 415 g/mol. The minimum atomic E-state index is -0.231. The van der Waals surface area contributed by atoms with E-state index >= 15 is 0 Å². The van der Waals surface area contributed by atoms with Crippen molar-refractivity contribution in [2.45, 2.75) is 57.7 Å². The molecule has 6 heteroatoms. The fourth-order valence-corrected chi connectivity index (χ4v) is 5.28. The van der Waals surface area contributed by atoms with E-state index in [0.29, 0.717) is 12.1 Å². The van der Waals surface area contributed by atoms with E-state index in [2.05, 4.69) is 50.2 Å². The summed E-state index contributed by atoms with van der Waals surface area (Å²) >= 11 is 0. The summed E-state index contributed by atoms with van der Waals surface area (Å²) in [5.74, 6) is 1.63. The van der Waals surface area contributed by atoms with Gasteiger partial charge in [0.15, 0.2) is 5.82 Å². The molecule has 31 heavy (non-hydrogen) atoms. The first-order valence-electron chi connectivity index (χ1n) is 11.2. The Labute approximate surface area is 180 Å². The van der Waals surface area contributed by atoms with Gasteiger partial charge in [0.05, 0.1) is 0 Å². The average Bonchev–Trinajstić information content (AvgIpc) is 3.35. The minimum absolute atomic E-state index is 0.231. The Balaban J connectivity index is 1.21. The van der Waals surface area contributed by atoms with Crippen molar-refractivity contribution in [3.8, 4) is 11.4 Å². The lowest BCUT2D eigenvalue weighted by atomic mass is 9.90. The number of benzene rings is 2. The Morgan fingerprint density at radius 3 is 2.74 bits per heavy atom. The number of rotatable bonds is 3. The maximum atomic E-state index is 13.3. The first kappa shape index (κ1) is 18.8. The summed E-state index contributed by atoms with van der Waals surface area (Å²) in [6.45, 7) is 3.01. The maximum Gasteiger partial charge on any atom is 0.164 e. The van der Waals surface area contributed by atoms with Crippen LogP contribution in [0.25, 0.3) is 22.3 Å². The standard InChI is InChI=1S/C25H26FN5/c1-15-2-9-22-20(12-15)21-13-18(7-10-23(21)28-22)27-19-8-11-24-29-30-25(31(24)14-19)16-3-5-17(26)6-4-16/h2-6,9,12,18-19,27-28H,7-8,10-11,13-14H2,1H3. The number of nitrogens with one attached hydrogen (secondary N) is 2. The van der Waals surface area contributed by atoms with E-state index in [0.717, 1.165) is 55.9 Å². The predicted octanol–water partition coefficient (Wildman–Crippen LogP) is 4.34. The van der Waals surface area contributed by atoms with Crippen LogP contribution in [-0.4, -0.2) is 31.8 Å². The second-order valence-electron chi connectivity index (χ2n) is 9.03. The number of aromatic nitrogens is 4. The van der Waals surface area contributed by atoms with Gasteiger partial charge in [0, 0.05) is 47.2 Å². The maximum absolute atomic E-state index is 13.3. The largest absolute Gasteiger partial charge is 0.358 e. The molecule has 2 aliphatic rings. The highest BCUT2D eigenvalue weighted by molar-refractivity contribution is 5.85. The van der Waals surface area contributed by atoms with Crippen LogP contribution in [0.4, 0.5) is 4.39 Å². The van der Waals surface area contributed by atoms with Crippen LogP contribution in [0.2, 0.25) is 0 Å². The van der Waals surface area contributed by atoms with Crippen molar-refractivity contribution in [1.29, 1.82) is 0 Å². The molecule has 2 unspecified atom stereocenters. The molecule has 0 fully saturated rings. The van der Waals surface area contributed by atoms with Gasteiger partial charge >= 0.3 is 0 Å². The SMILES string of the molecule is Cc1ccc2[nH]c3c(c2c1)CC(NC1CCc2nnc(-c4ccc(F)cc4)n2C1)CC3. The van der Waals surface area contributed by atoms with Crippen molar-refractivity contribution < 1.29 is 4.39 Å². The molecule has 3 heterocycles. The number of hydrogen-bond donors (Lipinski definition) is 2. The van der Waals surface area contributed by atoms with Gasteiger partial charge in [-0.15, -0.1) is 10.2 Å². The van der Waals surface area contributed by atoms with E-state index in [1.54, 1.807) is 12.1 Å². The number of fused-ring (bicyclic) bond motifs is 4. The zero-order valence-corrected chi connectivity index (χ0v) is 17.7. The smallest absolute Gasteiger partial charge is 0.164 e. The lowest BCUT2D eigenvalue weighted by Crippen LogP contribution is -2.45. The van der Waals surface area contributed by atoms with Crippen LogP contribution in [-0.2, 0) is 25.8 Å². The molecule has 2 aromatic carbocycles.